The van der Waals surface area contributed by atoms with Crippen molar-refractivity contribution in [2.24, 2.45) is 16.2 Å². The van der Waals surface area contributed by atoms with Crippen molar-refractivity contribution in [3.8, 4) is 5.75 Å². The van der Waals surface area contributed by atoms with Crippen molar-refractivity contribution in [3.05, 3.63) is 42.0 Å². The Morgan fingerprint density at radius 3 is 2.23 bits per heavy atom. The molecule has 2 aromatic carbocycles. The van der Waals surface area contributed by atoms with Gasteiger partial charge in [-0.05, 0) is 38.1 Å². The van der Waals surface area contributed by atoms with E-state index in [9.17, 15) is 19.2 Å². The third kappa shape index (κ3) is 2.63. The molecule has 0 saturated heterocycles. The summed E-state index contributed by atoms with van der Waals surface area (Å²) >= 11 is 0. The van der Waals surface area contributed by atoms with Gasteiger partial charge in [0.15, 0.2) is 5.75 Å². The first-order valence-corrected chi connectivity index (χ1v) is 10.5. The Morgan fingerprint density at radius 1 is 0.935 bits per heavy atom. The molecule has 2 aliphatic rings. The zero-order valence-corrected chi connectivity index (χ0v) is 18.4. The average Bonchev–Trinajstić information content (AvgIpc) is 2.99. The first kappa shape index (κ1) is 21.2. The van der Waals surface area contributed by atoms with Crippen LogP contribution in [-0.4, -0.2) is 29.6 Å². The SMILES string of the molecule is CC(C)OC(=O)c1ccc2ccccc2c1OC(=O)C12CCC(C)(C(=O)C1=O)C2(C)C. The number of carbonyl (C=O) groups is 4. The fraction of sp³-hybridized carbons (Fsp3) is 0.440. The van der Waals surface area contributed by atoms with Crippen LogP contribution in [0.3, 0.4) is 0 Å². The summed E-state index contributed by atoms with van der Waals surface area (Å²) in [6.45, 7) is 8.77. The molecule has 2 unspecified atom stereocenters. The number of Topliss-reactive ketones (excluding diaryl/α,β-unsaturated/α-hetero) is 2. The summed E-state index contributed by atoms with van der Waals surface area (Å²) in [5.41, 5.74) is -3.25. The highest BCUT2D eigenvalue weighted by Crippen LogP contribution is 2.69. The maximum atomic E-state index is 13.6. The topological polar surface area (TPSA) is 86.7 Å². The standard InChI is InChI=1S/C25H26O6/c1-14(2)30-21(28)17-11-10-15-8-6-7-9-16(15)18(17)31-22(29)25-13-12-24(5,23(25,3)4)19(26)20(25)27/h6-11,14H,12-13H2,1-5H3. The van der Waals surface area contributed by atoms with Crippen LogP contribution >= 0.6 is 0 Å². The van der Waals surface area contributed by atoms with E-state index in [1.165, 1.54) is 0 Å². The summed E-state index contributed by atoms with van der Waals surface area (Å²) < 4.78 is 11.2. The van der Waals surface area contributed by atoms with Crippen LogP contribution < -0.4 is 4.74 Å². The predicted octanol–water partition coefficient (Wildman–Crippen LogP) is 4.27. The van der Waals surface area contributed by atoms with Gasteiger partial charge < -0.3 is 9.47 Å². The Bertz CT molecular complexity index is 1140. The Balaban J connectivity index is 1.83. The van der Waals surface area contributed by atoms with E-state index in [2.05, 4.69) is 0 Å². The second-order valence-electron chi connectivity index (χ2n) is 9.53. The third-order valence-corrected chi connectivity index (χ3v) is 7.53. The lowest BCUT2D eigenvalue weighted by Crippen LogP contribution is -2.47. The molecule has 0 amide bonds. The van der Waals surface area contributed by atoms with Gasteiger partial charge in [0.25, 0.3) is 0 Å². The molecule has 6 heteroatoms. The molecule has 6 nitrogen and oxygen atoms in total. The van der Waals surface area contributed by atoms with Gasteiger partial charge in [0.1, 0.15) is 11.0 Å². The number of ether oxygens (including phenoxy) is 2. The zero-order chi connectivity index (χ0) is 22.8. The minimum atomic E-state index is -1.56. The minimum absolute atomic E-state index is 0.0553. The summed E-state index contributed by atoms with van der Waals surface area (Å²) in [5, 5.41) is 1.33. The molecule has 4 rings (SSSR count). The number of rotatable bonds is 4. The number of ketones is 2. The van der Waals surface area contributed by atoms with E-state index in [-0.39, 0.29) is 23.8 Å². The first-order chi connectivity index (χ1) is 14.5. The molecule has 0 aliphatic heterocycles. The number of carbonyl (C=O) groups excluding carboxylic acids is 4. The highest BCUT2D eigenvalue weighted by molar-refractivity contribution is 6.48. The zero-order valence-electron chi connectivity index (χ0n) is 18.4. The second-order valence-corrected chi connectivity index (χ2v) is 9.53. The lowest BCUT2D eigenvalue weighted by atomic mass is 9.65. The summed E-state index contributed by atoms with van der Waals surface area (Å²) in [6.07, 6.45) is 0.332. The maximum absolute atomic E-state index is 13.6. The number of benzene rings is 2. The largest absolute Gasteiger partial charge is 0.459 e. The fourth-order valence-corrected chi connectivity index (χ4v) is 5.19. The van der Waals surface area contributed by atoms with Crippen LogP contribution in [-0.2, 0) is 19.1 Å². The van der Waals surface area contributed by atoms with Crippen molar-refractivity contribution in [2.75, 3.05) is 0 Å². The summed E-state index contributed by atoms with van der Waals surface area (Å²) in [4.78, 5) is 52.1. The van der Waals surface area contributed by atoms with Gasteiger partial charge in [0.2, 0.25) is 11.6 Å². The van der Waals surface area contributed by atoms with Crippen molar-refractivity contribution >= 4 is 34.3 Å². The maximum Gasteiger partial charge on any atom is 0.342 e. The van der Waals surface area contributed by atoms with Gasteiger partial charge in [0, 0.05) is 16.2 Å². The van der Waals surface area contributed by atoms with Crippen molar-refractivity contribution in [1.82, 2.24) is 0 Å². The van der Waals surface area contributed by atoms with E-state index in [0.29, 0.717) is 11.8 Å². The second kappa shape index (κ2) is 6.74. The van der Waals surface area contributed by atoms with Crippen LogP contribution in [0.5, 0.6) is 5.75 Å². The number of fused-ring (bicyclic) bond motifs is 3. The normalized spacial score (nSPS) is 26.5. The molecule has 2 saturated carbocycles. The van der Waals surface area contributed by atoms with E-state index in [0.717, 1.165) is 5.39 Å². The van der Waals surface area contributed by atoms with Gasteiger partial charge in [-0.25, -0.2) is 4.79 Å². The molecule has 0 heterocycles. The Morgan fingerprint density at radius 2 is 1.61 bits per heavy atom. The predicted molar refractivity (Wildman–Crippen MR) is 114 cm³/mol. The Labute approximate surface area is 180 Å². The van der Waals surface area contributed by atoms with Crippen LogP contribution in [0, 0.1) is 16.2 Å². The highest BCUT2D eigenvalue weighted by Gasteiger charge is 2.78. The third-order valence-electron chi connectivity index (χ3n) is 7.53. The van der Waals surface area contributed by atoms with Crippen LogP contribution in [0.4, 0.5) is 0 Å². The highest BCUT2D eigenvalue weighted by atomic mass is 16.6. The van der Waals surface area contributed by atoms with E-state index in [1.54, 1.807) is 58.9 Å². The number of hydrogen-bond donors (Lipinski definition) is 0. The van der Waals surface area contributed by atoms with E-state index in [1.807, 2.05) is 12.1 Å². The van der Waals surface area contributed by atoms with E-state index in [4.69, 9.17) is 9.47 Å². The van der Waals surface area contributed by atoms with Crippen molar-refractivity contribution in [2.45, 2.75) is 53.6 Å². The summed E-state index contributed by atoms with van der Waals surface area (Å²) in [7, 11) is 0. The lowest BCUT2D eigenvalue weighted by Gasteiger charge is -2.36. The molecule has 2 fully saturated rings. The molecule has 162 valence electrons. The molecular weight excluding hydrogens is 396 g/mol. The lowest BCUT2D eigenvalue weighted by molar-refractivity contribution is -0.157. The molecular formula is C25H26O6. The summed E-state index contributed by atoms with van der Waals surface area (Å²) in [6, 6.07) is 10.5. The Kier molecular flexibility index (Phi) is 4.61. The van der Waals surface area contributed by atoms with Gasteiger partial charge in [-0.3, -0.25) is 14.4 Å². The molecule has 0 N–H and O–H groups in total. The van der Waals surface area contributed by atoms with Gasteiger partial charge in [-0.15, -0.1) is 0 Å². The fourth-order valence-electron chi connectivity index (χ4n) is 5.19. The monoisotopic (exact) mass is 422 g/mol. The van der Waals surface area contributed by atoms with Crippen LogP contribution in [0.15, 0.2) is 36.4 Å². The Hall–Kier alpha value is -3.02. The van der Waals surface area contributed by atoms with Gasteiger partial charge in [0.05, 0.1) is 6.10 Å². The van der Waals surface area contributed by atoms with Crippen LogP contribution in [0.2, 0.25) is 0 Å². The summed E-state index contributed by atoms with van der Waals surface area (Å²) in [5.74, 6) is -2.56. The first-order valence-electron chi connectivity index (χ1n) is 10.5. The van der Waals surface area contributed by atoms with Gasteiger partial charge in [-0.2, -0.15) is 0 Å². The molecule has 2 aliphatic carbocycles. The molecule has 2 aromatic rings. The van der Waals surface area contributed by atoms with Crippen molar-refractivity contribution in [1.29, 1.82) is 0 Å². The van der Waals surface area contributed by atoms with E-state index >= 15 is 0 Å². The molecule has 0 spiro atoms. The number of esters is 2. The molecule has 0 aromatic heterocycles. The average molecular weight is 422 g/mol. The van der Waals surface area contributed by atoms with Crippen LogP contribution in [0.25, 0.3) is 10.8 Å². The van der Waals surface area contributed by atoms with Crippen molar-refractivity contribution in [3.63, 3.8) is 0 Å². The smallest absolute Gasteiger partial charge is 0.342 e. The van der Waals surface area contributed by atoms with Crippen molar-refractivity contribution < 1.29 is 28.7 Å². The minimum Gasteiger partial charge on any atom is -0.459 e. The number of hydrogen-bond acceptors (Lipinski definition) is 6. The van der Waals surface area contributed by atoms with Gasteiger partial charge in [-0.1, -0.05) is 51.1 Å². The molecule has 0 radical (unpaired) electrons. The quantitative estimate of drug-likeness (QED) is 0.316. The van der Waals surface area contributed by atoms with Gasteiger partial charge >= 0.3 is 11.9 Å². The molecule has 31 heavy (non-hydrogen) atoms. The van der Waals surface area contributed by atoms with Crippen LogP contribution in [0.1, 0.15) is 57.8 Å². The van der Waals surface area contributed by atoms with E-state index < -0.39 is 39.8 Å². The molecule has 2 bridgehead atoms. The molecule has 2 atom stereocenters.